The number of benzene rings is 1. The maximum atomic E-state index is 9.99. The first-order valence-electron chi connectivity index (χ1n) is 2.41. The fourth-order valence-electron chi connectivity index (χ4n) is 0.497. The Morgan fingerprint density at radius 3 is 2.45 bits per heavy atom. The molecule has 0 spiro atoms. The van der Waals surface area contributed by atoms with Gasteiger partial charge in [-0.2, -0.15) is 18.2 Å². The van der Waals surface area contributed by atoms with Gasteiger partial charge in [0.15, 0.2) is 5.69 Å². The zero-order valence-electron chi connectivity index (χ0n) is 5.66. The minimum atomic E-state index is -0.448. The number of nitro groups is 1. The van der Waals surface area contributed by atoms with Crippen LogP contribution in [0.15, 0.2) is 24.3 Å². The summed E-state index contributed by atoms with van der Waals surface area (Å²) in [6, 6.07) is 8.56. The summed E-state index contributed by atoms with van der Waals surface area (Å²) in [7, 11) is 0. The van der Waals surface area contributed by atoms with E-state index in [-0.39, 0.29) is 45.7 Å². The number of rotatable bonds is 1. The van der Waals surface area contributed by atoms with Gasteiger partial charge in [0.25, 0.3) is 0 Å². The molecule has 0 atom stereocenters. The zero-order chi connectivity index (χ0) is 6.69. The van der Waals surface area contributed by atoms with Gasteiger partial charge in [-0.25, -0.2) is 0 Å². The Labute approximate surface area is 90.9 Å². The molecule has 3 nitrogen and oxygen atoms in total. The average molecular weight is 226 g/mol. The zero-order valence-corrected chi connectivity index (χ0v) is 8.66. The first-order valence-corrected chi connectivity index (χ1v) is 2.41. The quantitative estimate of drug-likeness (QED) is 0.241. The molecule has 0 heterocycles. The van der Waals surface area contributed by atoms with Gasteiger partial charge in [-0.15, -0.1) is 6.07 Å². The van der Waals surface area contributed by atoms with Gasteiger partial charge in [-0.05, 0) is 0 Å². The van der Waals surface area contributed by atoms with Crippen LogP contribution in [0.25, 0.3) is 0 Å². The van der Waals surface area contributed by atoms with Crippen molar-refractivity contribution in [3.63, 3.8) is 0 Å². The van der Waals surface area contributed by atoms with Crippen LogP contribution in [0.2, 0.25) is 0 Å². The van der Waals surface area contributed by atoms with Gasteiger partial charge in [0, 0.05) is 4.92 Å². The van der Waals surface area contributed by atoms with E-state index in [1.54, 1.807) is 12.1 Å². The van der Waals surface area contributed by atoms with Gasteiger partial charge >= 0.3 is 23.1 Å². The monoisotopic (exact) mass is 225 g/mol. The van der Waals surface area contributed by atoms with Gasteiger partial charge in [-0.1, -0.05) is 6.07 Å². The van der Waals surface area contributed by atoms with Crippen LogP contribution in [0, 0.1) is 16.2 Å². The first kappa shape index (κ1) is 13.5. The number of halogens is 1. The number of hydrogen-bond acceptors (Lipinski definition) is 2. The Balaban J connectivity index is 0. The SMILES string of the molecule is O=[N+]([O-])c1c[c-]ccc1.[Br-].[Mg+2]. The van der Waals surface area contributed by atoms with Gasteiger partial charge in [0.1, 0.15) is 0 Å². The Morgan fingerprint density at radius 1 is 1.55 bits per heavy atom. The minimum absolute atomic E-state index is 0. The fourth-order valence-corrected chi connectivity index (χ4v) is 0.497. The van der Waals surface area contributed by atoms with Crippen molar-refractivity contribution in [3.8, 4) is 0 Å². The normalized spacial score (nSPS) is 7.27. The van der Waals surface area contributed by atoms with Crippen molar-refractivity contribution in [2.24, 2.45) is 0 Å². The van der Waals surface area contributed by atoms with Crippen molar-refractivity contribution in [1.82, 2.24) is 0 Å². The Bertz CT molecular complexity index is 217. The number of hydrogen-bond donors (Lipinski definition) is 0. The number of nitro benzene ring substituents is 1. The van der Waals surface area contributed by atoms with E-state index in [1.165, 1.54) is 12.1 Å². The molecule has 0 radical (unpaired) electrons. The van der Waals surface area contributed by atoms with E-state index in [4.69, 9.17) is 0 Å². The fraction of sp³-hybridized carbons (Fsp3) is 0. The van der Waals surface area contributed by atoms with Crippen LogP contribution in [0.3, 0.4) is 0 Å². The van der Waals surface area contributed by atoms with Crippen LogP contribution in [-0.4, -0.2) is 28.0 Å². The third-order valence-corrected chi connectivity index (χ3v) is 0.901. The van der Waals surface area contributed by atoms with E-state index in [0.29, 0.717) is 0 Å². The molecule has 0 aliphatic heterocycles. The van der Waals surface area contributed by atoms with E-state index < -0.39 is 4.92 Å². The first-order chi connectivity index (χ1) is 4.30. The van der Waals surface area contributed by atoms with Crippen molar-refractivity contribution in [3.05, 3.63) is 40.4 Å². The van der Waals surface area contributed by atoms with Crippen molar-refractivity contribution in [2.45, 2.75) is 0 Å². The molecule has 5 heteroatoms. The largest absolute Gasteiger partial charge is 2.00 e. The molecule has 54 valence electrons. The minimum Gasteiger partial charge on any atom is -1.00 e. The summed E-state index contributed by atoms with van der Waals surface area (Å²) in [5, 5.41) is 9.99. The van der Waals surface area contributed by atoms with Crippen LogP contribution in [-0.2, 0) is 0 Å². The van der Waals surface area contributed by atoms with Crippen molar-refractivity contribution in [2.75, 3.05) is 0 Å². The van der Waals surface area contributed by atoms with Crippen LogP contribution >= 0.6 is 0 Å². The topological polar surface area (TPSA) is 43.1 Å². The third-order valence-electron chi connectivity index (χ3n) is 0.901. The molecule has 0 amide bonds. The molecule has 0 saturated carbocycles. The summed E-state index contributed by atoms with van der Waals surface area (Å²) < 4.78 is 0. The molecule has 0 unspecified atom stereocenters. The van der Waals surface area contributed by atoms with Crippen molar-refractivity contribution < 1.29 is 21.9 Å². The van der Waals surface area contributed by atoms with Gasteiger partial charge in [0.05, 0.1) is 0 Å². The summed E-state index contributed by atoms with van der Waals surface area (Å²) in [5.41, 5.74) is 0.0810. The van der Waals surface area contributed by atoms with E-state index >= 15 is 0 Å². The molecular weight excluding hydrogens is 222 g/mol. The van der Waals surface area contributed by atoms with Crippen molar-refractivity contribution >= 4 is 28.7 Å². The molecule has 1 rings (SSSR count). The molecule has 0 fully saturated rings. The molecule has 0 N–H and O–H groups in total. The molecular formula is C6H4BrMgNO2. The number of nitrogens with zero attached hydrogens (tertiary/aromatic N) is 1. The molecule has 0 bridgehead atoms. The smallest absolute Gasteiger partial charge is 1.00 e. The molecule has 1 aromatic carbocycles. The van der Waals surface area contributed by atoms with Gasteiger partial charge in [0.2, 0.25) is 0 Å². The molecule has 11 heavy (non-hydrogen) atoms. The second-order valence-corrected chi connectivity index (χ2v) is 1.52. The molecule has 0 aromatic heterocycles. The summed E-state index contributed by atoms with van der Waals surface area (Å²) in [6.45, 7) is 0. The third kappa shape index (κ3) is 4.34. The molecule has 0 aliphatic rings. The number of non-ortho nitro benzene ring substituents is 1. The summed E-state index contributed by atoms with van der Waals surface area (Å²) in [5.74, 6) is 0. The van der Waals surface area contributed by atoms with Crippen molar-refractivity contribution in [1.29, 1.82) is 0 Å². The Kier molecular flexibility index (Phi) is 8.03. The van der Waals surface area contributed by atoms with Crippen LogP contribution < -0.4 is 17.0 Å². The maximum absolute atomic E-state index is 9.99. The average Bonchev–Trinajstić information content (AvgIpc) is 1.90. The van der Waals surface area contributed by atoms with E-state index in [0.717, 1.165) is 0 Å². The molecule has 1 aromatic rings. The van der Waals surface area contributed by atoms with E-state index in [2.05, 4.69) is 6.07 Å². The summed E-state index contributed by atoms with van der Waals surface area (Å²) in [6.07, 6.45) is 0. The molecule has 0 saturated heterocycles. The van der Waals surface area contributed by atoms with Gasteiger partial charge in [-0.3, -0.25) is 10.1 Å². The maximum Gasteiger partial charge on any atom is 2.00 e. The summed E-state index contributed by atoms with van der Waals surface area (Å²) in [4.78, 5) is 9.54. The Hall–Kier alpha value is -0.134. The predicted molar refractivity (Wildman–Crippen MR) is 37.7 cm³/mol. The van der Waals surface area contributed by atoms with E-state index in [9.17, 15) is 10.1 Å². The van der Waals surface area contributed by atoms with Gasteiger partial charge < -0.3 is 17.0 Å². The standard InChI is InChI=1S/C6H4NO2.BrH.Mg/c8-7(9)6-4-2-1-3-5-6;;/h1-2,4-5H;1H;/q-1;;+2/p-1. The Morgan fingerprint density at radius 2 is 2.18 bits per heavy atom. The molecule has 0 aliphatic carbocycles. The van der Waals surface area contributed by atoms with Crippen LogP contribution in [0.5, 0.6) is 0 Å². The predicted octanol–water partition coefficient (Wildman–Crippen LogP) is -1.98. The second kappa shape index (κ2) is 6.57. The van der Waals surface area contributed by atoms with E-state index in [1.807, 2.05) is 0 Å². The second-order valence-electron chi connectivity index (χ2n) is 1.52. The van der Waals surface area contributed by atoms with Crippen LogP contribution in [0.4, 0.5) is 5.69 Å². The van der Waals surface area contributed by atoms with Crippen LogP contribution in [0.1, 0.15) is 0 Å². The summed E-state index contributed by atoms with van der Waals surface area (Å²) >= 11 is 0.